The maximum Gasteiger partial charge on any atom is 0.422 e. The zero-order valence-corrected chi connectivity index (χ0v) is 33.6. The van der Waals surface area contributed by atoms with Crippen LogP contribution in [-0.4, -0.2) is 94.7 Å². The fraction of sp³-hybridized carbons (Fsp3) is 0.600. The highest BCUT2D eigenvalue weighted by Gasteiger charge is 2.71. The smallest absolute Gasteiger partial charge is 0.422 e. The van der Waals surface area contributed by atoms with Crippen LogP contribution in [0.15, 0.2) is 35.6 Å². The summed E-state index contributed by atoms with van der Waals surface area (Å²) >= 11 is 1.00. The second kappa shape index (κ2) is 15.7. The average Bonchev–Trinajstić information content (AvgIpc) is 3.80. The SMILES string of the molecule is CC(C)(CF)NC(=O)[C@]12C[C@H]1[C@@](C)(c1cc(NC(=O)c3cnc(OCC(F)(F)F)cn3)ccc1F)N=C(N(COCC[Si](C)(C)C)C(=O)OC(C)(C)C)S2. The van der Waals surface area contributed by atoms with Crippen molar-refractivity contribution in [3.05, 3.63) is 47.7 Å². The summed E-state index contributed by atoms with van der Waals surface area (Å²) in [5, 5.41) is 5.36. The first-order valence-electron chi connectivity index (χ1n) is 17.2. The van der Waals surface area contributed by atoms with Crippen LogP contribution in [0, 0.1) is 11.7 Å². The number of thioether (sulfide) groups is 1. The Kier molecular flexibility index (Phi) is 12.5. The second-order valence-corrected chi connectivity index (χ2v) is 23.2. The molecule has 0 radical (unpaired) electrons. The first kappa shape index (κ1) is 42.9. The minimum atomic E-state index is -4.60. The molecule has 2 aromatic rings. The number of carbonyl (C=O) groups excluding carboxylic acids is 3. The van der Waals surface area contributed by atoms with Gasteiger partial charge in [-0.3, -0.25) is 14.6 Å². The Morgan fingerprint density at radius 3 is 2.33 bits per heavy atom. The van der Waals surface area contributed by atoms with Crippen LogP contribution < -0.4 is 15.4 Å². The highest BCUT2D eigenvalue weighted by Crippen LogP contribution is 2.67. The molecule has 3 amide bonds. The quantitative estimate of drug-likeness (QED) is 0.0923. The predicted molar refractivity (Wildman–Crippen MR) is 196 cm³/mol. The van der Waals surface area contributed by atoms with Crippen molar-refractivity contribution in [2.24, 2.45) is 10.9 Å². The minimum Gasteiger partial charge on any atom is -0.467 e. The number of benzene rings is 1. The number of ether oxygens (including phenoxy) is 3. The molecule has 2 N–H and O–H groups in total. The molecule has 0 spiro atoms. The molecule has 1 aliphatic heterocycles. The number of anilines is 1. The average molecular weight is 803 g/mol. The van der Waals surface area contributed by atoms with Gasteiger partial charge >= 0.3 is 12.3 Å². The Morgan fingerprint density at radius 1 is 1.07 bits per heavy atom. The lowest BCUT2D eigenvalue weighted by Gasteiger charge is -2.38. The van der Waals surface area contributed by atoms with Gasteiger partial charge in [0.05, 0.1) is 23.5 Å². The third-order valence-electron chi connectivity index (χ3n) is 8.44. The molecule has 2 aliphatic rings. The molecule has 12 nitrogen and oxygen atoms in total. The Morgan fingerprint density at radius 2 is 1.76 bits per heavy atom. The summed E-state index contributed by atoms with van der Waals surface area (Å²) in [7, 11) is -1.52. The predicted octanol–water partition coefficient (Wildman–Crippen LogP) is 7.30. The molecule has 1 saturated carbocycles. The molecule has 54 heavy (non-hydrogen) atoms. The summed E-state index contributed by atoms with van der Waals surface area (Å²) < 4.78 is 82.3. The van der Waals surface area contributed by atoms with Crippen molar-refractivity contribution in [2.45, 2.75) is 101 Å². The lowest BCUT2D eigenvalue weighted by Crippen LogP contribution is -2.53. The number of alkyl halides is 4. The van der Waals surface area contributed by atoms with Crippen LogP contribution in [0.4, 0.5) is 32.4 Å². The topological polar surface area (TPSA) is 144 Å². The van der Waals surface area contributed by atoms with Gasteiger partial charge in [0.1, 0.15) is 35.3 Å². The van der Waals surface area contributed by atoms with E-state index in [4.69, 9.17) is 14.5 Å². The summed E-state index contributed by atoms with van der Waals surface area (Å²) in [5.41, 5.74) is -3.85. The molecular weight excluding hydrogens is 756 g/mol. The first-order chi connectivity index (χ1) is 24.8. The Labute approximate surface area is 316 Å². The van der Waals surface area contributed by atoms with Crippen molar-refractivity contribution < 1.29 is 50.5 Å². The Bertz CT molecular complexity index is 1750. The number of hydrogen-bond donors (Lipinski definition) is 2. The van der Waals surface area contributed by atoms with Crippen LogP contribution in [-0.2, 0) is 19.8 Å². The van der Waals surface area contributed by atoms with E-state index in [1.165, 1.54) is 30.9 Å². The number of rotatable bonds is 13. The van der Waals surface area contributed by atoms with E-state index in [0.29, 0.717) is 6.61 Å². The number of amidine groups is 1. The molecule has 1 fully saturated rings. The lowest BCUT2D eigenvalue weighted by molar-refractivity contribution is -0.154. The third-order valence-corrected chi connectivity index (χ3v) is 11.6. The largest absolute Gasteiger partial charge is 0.467 e. The number of aliphatic imine (C=N–C) groups is 1. The summed E-state index contributed by atoms with van der Waals surface area (Å²) in [6.45, 7) is 13.9. The van der Waals surface area contributed by atoms with Crippen molar-refractivity contribution in [3.63, 3.8) is 0 Å². The summed E-state index contributed by atoms with van der Waals surface area (Å²) in [5.74, 6) is -3.14. The van der Waals surface area contributed by atoms with Crippen LogP contribution in [0.25, 0.3) is 0 Å². The first-order valence-corrected chi connectivity index (χ1v) is 21.7. The van der Waals surface area contributed by atoms with E-state index in [1.807, 2.05) is 0 Å². The standard InChI is InChI=1S/C35H47F5N6O6SSi/c1-31(2,3)52-30(49)46(20-50-12-13-54(7,8)9)29-45-33(6,25-15-34(25,53-29)28(48)44-32(4,5)18-36)22-14-21(10-11-23(22)37)43-27(47)24-16-42-26(17-41-24)51-19-35(38,39)40/h10-11,14,16-17,25H,12-13,15,18-20H2,1-9H3,(H,43,47)(H,44,48)/t25-,33+,34-/m0/s1. The number of nitrogens with zero attached hydrogens (tertiary/aromatic N) is 4. The highest BCUT2D eigenvalue weighted by molar-refractivity contribution is 8.16. The number of amides is 3. The molecule has 1 aromatic carbocycles. The molecular formula is C35H47F5N6O6SSi. The summed E-state index contributed by atoms with van der Waals surface area (Å²) in [6.07, 6.45) is -3.43. The normalized spacial score (nSPS) is 21.4. The van der Waals surface area contributed by atoms with E-state index in [2.05, 4.69) is 45.0 Å². The summed E-state index contributed by atoms with van der Waals surface area (Å²) in [4.78, 5) is 54.4. The van der Waals surface area contributed by atoms with E-state index in [-0.39, 0.29) is 35.3 Å². The van der Waals surface area contributed by atoms with E-state index >= 15 is 4.39 Å². The molecule has 1 aromatic heterocycles. The van der Waals surface area contributed by atoms with E-state index < -0.39 is 84.5 Å². The van der Waals surface area contributed by atoms with Gasteiger partial charge in [-0.1, -0.05) is 31.4 Å². The zero-order chi connectivity index (χ0) is 40.5. The van der Waals surface area contributed by atoms with Crippen LogP contribution >= 0.6 is 11.8 Å². The monoisotopic (exact) mass is 802 g/mol. The molecule has 3 atom stereocenters. The number of hydrogen-bond acceptors (Lipinski definition) is 10. The van der Waals surface area contributed by atoms with E-state index in [0.717, 1.165) is 36.3 Å². The van der Waals surface area contributed by atoms with Crippen molar-refractivity contribution in [3.8, 4) is 5.88 Å². The fourth-order valence-corrected chi connectivity index (χ4v) is 7.79. The number of halogens is 5. The van der Waals surface area contributed by atoms with Crippen LogP contribution in [0.2, 0.25) is 25.7 Å². The van der Waals surface area contributed by atoms with Crippen LogP contribution in [0.1, 0.15) is 64.0 Å². The maximum absolute atomic E-state index is 16.0. The molecule has 4 rings (SSSR count). The maximum atomic E-state index is 16.0. The van der Waals surface area contributed by atoms with Gasteiger partial charge in [0.2, 0.25) is 11.8 Å². The van der Waals surface area contributed by atoms with Gasteiger partial charge in [-0.15, -0.1) is 0 Å². The minimum absolute atomic E-state index is 0.0201. The summed E-state index contributed by atoms with van der Waals surface area (Å²) in [6, 6.07) is 4.53. The van der Waals surface area contributed by atoms with Crippen molar-refractivity contribution in [2.75, 3.05) is 31.9 Å². The van der Waals surface area contributed by atoms with E-state index in [9.17, 15) is 31.9 Å². The van der Waals surface area contributed by atoms with Gasteiger partial charge < -0.3 is 24.8 Å². The number of fused-ring (bicyclic) bond motifs is 1. The van der Waals surface area contributed by atoms with Crippen molar-refractivity contribution >= 4 is 48.6 Å². The van der Waals surface area contributed by atoms with Crippen molar-refractivity contribution in [1.29, 1.82) is 0 Å². The van der Waals surface area contributed by atoms with Crippen LogP contribution in [0.5, 0.6) is 5.88 Å². The molecule has 0 unspecified atom stereocenters. The fourth-order valence-electron chi connectivity index (χ4n) is 5.47. The highest BCUT2D eigenvalue weighted by atomic mass is 32.2. The number of carbonyl (C=O) groups is 3. The van der Waals surface area contributed by atoms with Crippen LogP contribution in [0.3, 0.4) is 0 Å². The van der Waals surface area contributed by atoms with Gasteiger partial charge in [0, 0.05) is 31.8 Å². The van der Waals surface area contributed by atoms with Gasteiger partial charge in [0.25, 0.3) is 5.91 Å². The molecule has 298 valence electrons. The lowest BCUT2D eigenvalue weighted by atomic mass is 9.85. The van der Waals surface area contributed by atoms with Gasteiger partial charge in [-0.2, -0.15) is 13.2 Å². The van der Waals surface area contributed by atoms with Gasteiger partial charge in [-0.25, -0.2) is 28.4 Å². The third kappa shape index (κ3) is 10.9. The second-order valence-electron chi connectivity index (χ2n) is 16.3. The zero-order valence-electron chi connectivity index (χ0n) is 31.7. The molecule has 0 saturated heterocycles. The van der Waals surface area contributed by atoms with Crippen molar-refractivity contribution in [1.82, 2.24) is 20.2 Å². The molecule has 1 aliphatic carbocycles. The molecule has 0 bridgehead atoms. The Balaban J connectivity index is 1.73. The Hall–Kier alpha value is -3.84. The van der Waals surface area contributed by atoms with Gasteiger partial charge in [-0.05, 0) is 72.2 Å². The number of nitrogens with one attached hydrogen (secondary N) is 2. The van der Waals surface area contributed by atoms with Gasteiger partial charge in [0.15, 0.2) is 11.8 Å². The molecule has 2 heterocycles. The van der Waals surface area contributed by atoms with E-state index in [1.54, 1.807) is 27.7 Å². The number of aromatic nitrogens is 2. The molecule has 19 heteroatoms.